The van der Waals surface area contributed by atoms with Crippen molar-refractivity contribution >= 4 is 11.9 Å². The predicted octanol–water partition coefficient (Wildman–Crippen LogP) is 5.36. The van der Waals surface area contributed by atoms with E-state index in [2.05, 4.69) is 0 Å². The van der Waals surface area contributed by atoms with Gasteiger partial charge in [0.2, 0.25) is 5.78 Å². The third-order valence-electron chi connectivity index (χ3n) is 5.28. The second kappa shape index (κ2) is 9.24. The largest absolute Gasteiger partial charge is 0.496 e. The normalized spacial score (nSPS) is 13.5. The van der Waals surface area contributed by atoms with E-state index in [0.717, 1.165) is 11.1 Å². The van der Waals surface area contributed by atoms with Crippen LogP contribution in [0.4, 0.5) is 4.39 Å². The van der Waals surface area contributed by atoms with Crippen LogP contribution in [-0.4, -0.2) is 27.1 Å². The first kappa shape index (κ1) is 22.2. The van der Waals surface area contributed by atoms with E-state index in [-0.39, 0.29) is 24.0 Å². The number of allylic oxidation sites excluding steroid dienone is 1. The van der Waals surface area contributed by atoms with E-state index < -0.39 is 0 Å². The maximum Gasteiger partial charge on any atom is 0.232 e. The molecule has 1 heterocycles. The minimum atomic E-state index is -0.301. The number of ketones is 1. The molecule has 33 heavy (non-hydrogen) atoms. The lowest BCUT2D eigenvalue weighted by Gasteiger charge is -2.12. The summed E-state index contributed by atoms with van der Waals surface area (Å²) in [4.78, 5) is 13.1. The highest BCUT2D eigenvalue weighted by Crippen LogP contribution is 2.40. The van der Waals surface area contributed by atoms with E-state index >= 15 is 0 Å². The number of halogens is 1. The zero-order valence-corrected chi connectivity index (χ0v) is 18.7. The van der Waals surface area contributed by atoms with Crippen LogP contribution in [0.2, 0.25) is 0 Å². The van der Waals surface area contributed by atoms with E-state index in [0.29, 0.717) is 39.9 Å². The average Bonchev–Trinajstić information content (AvgIpc) is 3.13. The summed E-state index contributed by atoms with van der Waals surface area (Å²) in [5, 5.41) is 0. The van der Waals surface area contributed by atoms with Gasteiger partial charge >= 0.3 is 0 Å². The minimum Gasteiger partial charge on any atom is -0.496 e. The van der Waals surface area contributed by atoms with Gasteiger partial charge in [0.15, 0.2) is 17.3 Å². The molecule has 170 valence electrons. The highest BCUT2D eigenvalue weighted by molar-refractivity contribution is 6.15. The van der Waals surface area contributed by atoms with Crippen LogP contribution in [0.1, 0.15) is 27.0 Å². The number of benzene rings is 3. The van der Waals surface area contributed by atoms with Crippen LogP contribution in [0.5, 0.6) is 28.7 Å². The molecule has 0 saturated carbocycles. The maximum atomic E-state index is 13.1. The molecule has 0 N–H and O–H groups in total. The molecular weight excluding hydrogens is 427 g/mol. The molecule has 3 aromatic rings. The number of carbonyl (C=O) groups excluding carboxylic acids is 1. The summed E-state index contributed by atoms with van der Waals surface area (Å²) < 4.78 is 40.9. The highest BCUT2D eigenvalue weighted by atomic mass is 19.1. The number of carbonyl (C=O) groups is 1. The number of methoxy groups -OCH3 is 3. The third kappa shape index (κ3) is 4.48. The number of Topliss-reactive ketones (excluding diaryl/α,β-unsaturated/α-hetero) is 1. The summed E-state index contributed by atoms with van der Waals surface area (Å²) in [5.74, 6) is 2.11. The Morgan fingerprint density at radius 3 is 2.24 bits per heavy atom. The Balaban J connectivity index is 1.61. The summed E-state index contributed by atoms with van der Waals surface area (Å²) >= 11 is 0. The van der Waals surface area contributed by atoms with Gasteiger partial charge in [0.25, 0.3) is 0 Å². The van der Waals surface area contributed by atoms with Crippen LogP contribution < -0.4 is 23.7 Å². The van der Waals surface area contributed by atoms with Gasteiger partial charge < -0.3 is 23.7 Å². The second-order valence-electron chi connectivity index (χ2n) is 7.42. The summed E-state index contributed by atoms with van der Waals surface area (Å²) in [5.41, 5.74) is 2.65. The van der Waals surface area contributed by atoms with Crippen LogP contribution in [0, 0.1) is 12.7 Å². The van der Waals surface area contributed by atoms with Crippen molar-refractivity contribution in [2.45, 2.75) is 13.5 Å². The minimum absolute atomic E-state index is 0.161. The van der Waals surface area contributed by atoms with Crippen molar-refractivity contribution in [1.82, 2.24) is 0 Å². The number of rotatable bonds is 7. The number of fused-ring (bicyclic) bond motifs is 1. The van der Waals surface area contributed by atoms with Crippen molar-refractivity contribution in [1.29, 1.82) is 0 Å². The van der Waals surface area contributed by atoms with Gasteiger partial charge in [0, 0.05) is 17.7 Å². The molecule has 0 fully saturated rings. The molecule has 1 aliphatic rings. The van der Waals surface area contributed by atoms with Crippen molar-refractivity contribution in [3.63, 3.8) is 0 Å². The van der Waals surface area contributed by atoms with Crippen LogP contribution >= 0.6 is 0 Å². The van der Waals surface area contributed by atoms with E-state index in [1.54, 1.807) is 42.5 Å². The first-order chi connectivity index (χ1) is 15.9. The first-order valence-electron chi connectivity index (χ1n) is 10.2. The van der Waals surface area contributed by atoms with Crippen LogP contribution in [0.15, 0.2) is 54.3 Å². The van der Waals surface area contributed by atoms with E-state index in [1.807, 2.05) is 6.92 Å². The summed E-state index contributed by atoms with van der Waals surface area (Å²) in [6.45, 7) is 2.09. The first-order valence-corrected chi connectivity index (χ1v) is 10.2. The van der Waals surface area contributed by atoms with E-state index in [4.69, 9.17) is 23.7 Å². The van der Waals surface area contributed by atoms with Gasteiger partial charge in [-0.15, -0.1) is 0 Å². The molecule has 0 aromatic heterocycles. The van der Waals surface area contributed by atoms with Crippen molar-refractivity contribution in [3.05, 3.63) is 82.4 Å². The summed E-state index contributed by atoms with van der Waals surface area (Å²) in [7, 11) is 4.60. The molecule has 0 spiro atoms. The Kier molecular flexibility index (Phi) is 6.22. The van der Waals surface area contributed by atoms with Gasteiger partial charge in [-0.05, 0) is 48.4 Å². The fraction of sp³-hybridized carbons (Fsp3) is 0.192. The molecule has 0 aliphatic carbocycles. The Bertz CT molecular complexity index is 1230. The third-order valence-corrected chi connectivity index (χ3v) is 5.28. The molecule has 7 heteroatoms. The molecule has 1 aliphatic heterocycles. The van der Waals surface area contributed by atoms with Gasteiger partial charge in [-0.3, -0.25) is 4.79 Å². The standard InChI is InChI=1S/C26H23FO6/c1-15-9-19(32-14-16-5-7-18(27)8-6-16)12-23-25(15)26(28)24(33-23)11-17-10-21(30-3)22(31-4)13-20(17)29-2/h5-13H,14H2,1-4H3/b24-11-. The fourth-order valence-corrected chi connectivity index (χ4v) is 3.61. The molecule has 0 radical (unpaired) electrons. The van der Waals surface area contributed by atoms with E-state index in [9.17, 15) is 9.18 Å². The number of ether oxygens (including phenoxy) is 5. The molecule has 3 aromatic carbocycles. The zero-order chi connectivity index (χ0) is 23.5. The lowest BCUT2D eigenvalue weighted by molar-refractivity contribution is 0.101. The fourth-order valence-electron chi connectivity index (χ4n) is 3.61. The lowest BCUT2D eigenvalue weighted by atomic mass is 10.0. The zero-order valence-electron chi connectivity index (χ0n) is 18.7. The molecule has 0 atom stereocenters. The average molecular weight is 450 g/mol. The Morgan fingerprint density at radius 2 is 1.58 bits per heavy atom. The van der Waals surface area contributed by atoms with Crippen molar-refractivity contribution in [3.8, 4) is 28.7 Å². The maximum absolute atomic E-state index is 13.1. The lowest BCUT2D eigenvalue weighted by Crippen LogP contribution is -2.01. The number of hydrogen-bond acceptors (Lipinski definition) is 6. The van der Waals surface area contributed by atoms with Crippen LogP contribution in [-0.2, 0) is 6.61 Å². The van der Waals surface area contributed by atoms with Crippen LogP contribution in [0.25, 0.3) is 6.08 Å². The molecule has 0 unspecified atom stereocenters. The Labute approximate surface area is 191 Å². The monoisotopic (exact) mass is 450 g/mol. The highest BCUT2D eigenvalue weighted by Gasteiger charge is 2.30. The van der Waals surface area contributed by atoms with Crippen molar-refractivity contribution < 1.29 is 32.9 Å². The van der Waals surface area contributed by atoms with Gasteiger partial charge in [0.1, 0.15) is 29.7 Å². The SMILES string of the molecule is COc1cc(OC)c(OC)cc1/C=C1\Oc2cc(OCc3ccc(F)cc3)cc(C)c2C1=O. The van der Waals surface area contributed by atoms with Crippen molar-refractivity contribution in [2.24, 2.45) is 0 Å². The van der Waals surface area contributed by atoms with E-state index in [1.165, 1.54) is 33.5 Å². The molecule has 4 rings (SSSR count). The quantitative estimate of drug-likeness (QED) is 0.452. The van der Waals surface area contributed by atoms with Gasteiger partial charge in [-0.1, -0.05) is 12.1 Å². The van der Waals surface area contributed by atoms with Gasteiger partial charge in [-0.25, -0.2) is 4.39 Å². The number of hydrogen-bond donors (Lipinski definition) is 0. The molecule has 0 saturated heterocycles. The predicted molar refractivity (Wildman–Crippen MR) is 121 cm³/mol. The molecular formula is C26H23FO6. The molecule has 0 amide bonds. The summed E-state index contributed by atoms with van der Waals surface area (Å²) in [6, 6.07) is 12.9. The molecule has 0 bridgehead atoms. The topological polar surface area (TPSA) is 63.2 Å². The van der Waals surface area contributed by atoms with Crippen LogP contribution in [0.3, 0.4) is 0 Å². The van der Waals surface area contributed by atoms with Gasteiger partial charge in [-0.2, -0.15) is 0 Å². The van der Waals surface area contributed by atoms with Crippen molar-refractivity contribution in [2.75, 3.05) is 21.3 Å². The smallest absolute Gasteiger partial charge is 0.232 e. The Hall–Kier alpha value is -4.00. The van der Waals surface area contributed by atoms with Gasteiger partial charge in [0.05, 0.1) is 26.9 Å². The second-order valence-corrected chi connectivity index (χ2v) is 7.42. The molecule has 6 nitrogen and oxygen atoms in total. The Morgan fingerprint density at radius 1 is 0.909 bits per heavy atom. The summed E-state index contributed by atoms with van der Waals surface area (Å²) in [6.07, 6.45) is 1.61. The number of aryl methyl sites for hydroxylation is 1.